The summed E-state index contributed by atoms with van der Waals surface area (Å²) in [5, 5.41) is 14.7. The first-order chi connectivity index (χ1) is 12.6. The van der Waals surface area contributed by atoms with Gasteiger partial charge in [-0.1, -0.05) is 18.2 Å². The lowest BCUT2D eigenvalue weighted by atomic mass is 10.0. The van der Waals surface area contributed by atoms with Crippen molar-refractivity contribution in [3.8, 4) is 0 Å². The summed E-state index contributed by atoms with van der Waals surface area (Å²) in [5.41, 5.74) is 0.591. The Morgan fingerprint density at radius 1 is 1.27 bits per heavy atom. The number of furan rings is 1. The number of rotatable bonds is 6. The van der Waals surface area contributed by atoms with Gasteiger partial charge in [-0.2, -0.15) is 10.1 Å². The fraction of sp³-hybridized carbons (Fsp3) is 0.176. The average molecular weight is 354 g/mol. The minimum Gasteiger partial charge on any atom is -0.479 e. The molecule has 0 saturated carbocycles. The zero-order valence-electron chi connectivity index (χ0n) is 13.5. The number of carboxylic acid groups (broad SMARTS) is 1. The molecule has 2 heterocycles. The summed E-state index contributed by atoms with van der Waals surface area (Å²) in [5.74, 6) is -0.803. The van der Waals surface area contributed by atoms with Gasteiger partial charge in [0.05, 0.1) is 24.7 Å². The number of anilines is 1. The van der Waals surface area contributed by atoms with E-state index in [0.29, 0.717) is 24.5 Å². The minimum absolute atomic E-state index is 0.230. The number of hydrazone groups is 1. The number of carboxylic acids is 1. The highest BCUT2D eigenvalue weighted by molar-refractivity contribution is 5.96. The Morgan fingerprint density at radius 2 is 2.08 bits per heavy atom. The van der Waals surface area contributed by atoms with Crippen LogP contribution in [0.15, 0.2) is 57.2 Å². The second-order valence-electron chi connectivity index (χ2n) is 5.34. The van der Waals surface area contributed by atoms with Crippen molar-refractivity contribution >= 4 is 30.0 Å². The van der Waals surface area contributed by atoms with Gasteiger partial charge in [-0.05, 0) is 18.2 Å². The molecule has 1 N–H and O–H groups in total. The lowest BCUT2D eigenvalue weighted by Crippen LogP contribution is -2.30. The second kappa shape index (κ2) is 7.45. The number of hydrogen-bond donors (Lipinski definition) is 1. The highest BCUT2D eigenvalue weighted by atomic mass is 16.4. The standard InChI is InChI=1S/C17H14N4O5/c22-11-18-15(16(23)24)13-5-1-2-6-14(13)20-7-8-21(17(20)25)19-10-12-4-3-9-26-12/h1-6,9-10,15H,7-8H2,(H,23,24). The van der Waals surface area contributed by atoms with Crippen LogP contribution in [0.3, 0.4) is 0 Å². The van der Waals surface area contributed by atoms with Crippen molar-refractivity contribution in [2.45, 2.75) is 6.04 Å². The number of carbonyl (C=O) groups is 2. The molecule has 1 fully saturated rings. The molecule has 0 spiro atoms. The summed E-state index contributed by atoms with van der Waals surface area (Å²) in [6.45, 7) is 0.627. The maximum atomic E-state index is 12.6. The van der Waals surface area contributed by atoms with Crippen LogP contribution in [-0.2, 0) is 9.59 Å². The van der Waals surface area contributed by atoms with E-state index < -0.39 is 18.0 Å². The number of urea groups is 1. The Kier molecular flexibility index (Phi) is 4.91. The third-order valence-electron chi connectivity index (χ3n) is 3.79. The van der Waals surface area contributed by atoms with E-state index in [2.05, 4.69) is 10.1 Å². The molecular weight excluding hydrogens is 340 g/mol. The molecule has 26 heavy (non-hydrogen) atoms. The SMILES string of the molecule is O=C=NC(C(=O)O)c1ccccc1N1CCN(N=Cc2ccco2)C1=O. The molecule has 2 aromatic rings. The number of isocyanates is 1. The molecule has 0 bridgehead atoms. The molecule has 9 nitrogen and oxygen atoms in total. The van der Waals surface area contributed by atoms with E-state index in [1.807, 2.05) is 0 Å². The molecule has 0 aliphatic carbocycles. The summed E-state index contributed by atoms with van der Waals surface area (Å²) in [6.07, 6.45) is 4.18. The first kappa shape index (κ1) is 17.1. The number of amides is 2. The number of hydrogen-bond acceptors (Lipinski definition) is 6. The molecule has 1 aromatic carbocycles. The summed E-state index contributed by atoms with van der Waals surface area (Å²) in [7, 11) is 0. The molecule has 132 valence electrons. The zero-order valence-corrected chi connectivity index (χ0v) is 13.5. The quantitative estimate of drug-likeness (QED) is 0.629. The van der Waals surface area contributed by atoms with Crippen molar-refractivity contribution in [1.82, 2.24) is 5.01 Å². The van der Waals surface area contributed by atoms with E-state index in [4.69, 9.17) is 4.42 Å². The smallest absolute Gasteiger partial charge is 0.345 e. The third-order valence-corrected chi connectivity index (χ3v) is 3.79. The van der Waals surface area contributed by atoms with E-state index in [9.17, 15) is 19.5 Å². The zero-order chi connectivity index (χ0) is 18.5. The molecule has 1 aromatic heterocycles. The Balaban J connectivity index is 1.87. The van der Waals surface area contributed by atoms with Gasteiger partial charge in [-0.3, -0.25) is 4.90 Å². The first-order valence-corrected chi connectivity index (χ1v) is 7.67. The predicted molar refractivity (Wildman–Crippen MR) is 90.7 cm³/mol. The number of nitrogens with zero attached hydrogens (tertiary/aromatic N) is 4. The predicted octanol–water partition coefficient (Wildman–Crippen LogP) is 2.02. The molecule has 1 aliphatic rings. The van der Waals surface area contributed by atoms with E-state index in [0.717, 1.165) is 0 Å². The van der Waals surface area contributed by atoms with Gasteiger partial charge in [0.1, 0.15) is 5.76 Å². The lowest BCUT2D eigenvalue weighted by Gasteiger charge is -2.20. The van der Waals surface area contributed by atoms with Gasteiger partial charge in [0.15, 0.2) is 6.04 Å². The fourth-order valence-electron chi connectivity index (χ4n) is 2.62. The van der Waals surface area contributed by atoms with Crippen LogP contribution >= 0.6 is 0 Å². The van der Waals surface area contributed by atoms with Crippen molar-refractivity contribution in [2.24, 2.45) is 10.1 Å². The average Bonchev–Trinajstić information content (AvgIpc) is 3.27. The summed E-state index contributed by atoms with van der Waals surface area (Å²) in [6, 6.07) is 7.95. The molecule has 1 unspecified atom stereocenters. The monoisotopic (exact) mass is 354 g/mol. The van der Waals surface area contributed by atoms with Gasteiger partial charge in [0, 0.05) is 12.1 Å². The number of benzene rings is 1. The Morgan fingerprint density at radius 3 is 2.77 bits per heavy atom. The Bertz CT molecular complexity index is 884. The van der Waals surface area contributed by atoms with E-state index in [-0.39, 0.29) is 5.56 Å². The van der Waals surface area contributed by atoms with Gasteiger partial charge in [-0.25, -0.2) is 19.4 Å². The molecule has 1 saturated heterocycles. The summed E-state index contributed by atoms with van der Waals surface area (Å²) in [4.78, 5) is 39.3. The van der Waals surface area contributed by atoms with Crippen LogP contribution < -0.4 is 4.90 Å². The normalized spacial score (nSPS) is 15.3. The number of carbonyl (C=O) groups excluding carboxylic acids is 2. The van der Waals surface area contributed by atoms with Crippen molar-refractivity contribution in [3.05, 3.63) is 54.0 Å². The maximum Gasteiger partial charge on any atom is 0.345 e. The van der Waals surface area contributed by atoms with Crippen LogP contribution in [0.2, 0.25) is 0 Å². The molecular formula is C17H14N4O5. The van der Waals surface area contributed by atoms with Crippen LogP contribution in [-0.4, -0.2) is 47.5 Å². The number of aliphatic imine (C=N–C) groups is 1. The van der Waals surface area contributed by atoms with Crippen LogP contribution in [0, 0.1) is 0 Å². The van der Waals surface area contributed by atoms with E-state index in [1.165, 1.54) is 34.5 Å². The Hall–Kier alpha value is -3.71. The van der Waals surface area contributed by atoms with Gasteiger partial charge >= 0.3 is 12.0 Å². The Labute approximate surface area is 147 Å². The molecule has 9 heteroatoms. The number of para-hydroxylation sites is 1. The van der Waals surface area contributed by atoms with Crippen LogP contribution in [0.1, 0.15) is 17.4 Å². The first-order valence-electron chi connectivity index (χ1n) is 7.67. The van der Waals surface area contributed by atoms with Crippen molar-refractivity contribution in [3.63, 3.8) is 0 Å². The lowest BCUT2D eigenvalue weighted by molar-refractivity contribution is -0.138. The van der Waals surface area contributed by atoms with E-state index >= 15 is 0 Å². The van der Waals surface area contributed by atoms with Crippen molar-refractivity contribution in [1.29, 1.82) is 0 Å². The summed E-state index contributed by atoms with van der Waals surface area (Å²) < 4.78 is 5.13. The van der Waals surface area contributed by atoms with Crippen LogP contribution in [0.4, 0.5) is 10.5 Å². The third kappa shape index (κ3) is 3.38. The van der Waals surface area contributed by atoms with Crippen LogP contribution in [0.5, 0.6) is 0 Å². The van der Waals surface area contributed by atoms with Gasteiger partial charge < -0.3 is 9.52 Å². The summed E-state index contributed by atoms with van der Waals surface area (Å²) >= 11 is 0. The van der Waals surface area contributed by atoms with Crippen molar-refractivity contribution in [2.75, 3.05) is 18.0 Å². The molecule has 0 radical (unpaired) electrons. The topological polar surface area (TPSA) is 116 Å². The second-order valence-corrected chi connectivity index (χ2v) is 5.34. The highest BCUT2D eigenvalue weighted by Gasteiger charge is 2.33. The van der Waals surface area contributed by atoms with Crippen LogP contribution in [0.25, 0.3) is 0 Å². The molecule has 3 rings (SSSR count). The van der Waals surface area contributed by atoms with Gasteiger partial charge in [0.2, 0.25) is 6.08 Å². The molecule has 2 amide bonds. The maximum absolute atomic E-state index is 12.6. The van der Waals surface area contributed by atoms with E-state index in [1.54, 1.807) is 30.3 Å². The fourth-order valence-corrected chi connectivity index (χ4v) is 2.62. The highest BCUT2D eigenvalue weighted by Crippen LogP contribution is 2.31. The number of aliphatic carboxylic acids is 1. The largest absolute Gasteiger partial charge is 0.479 e. The molecule has 1 aliphatic heterocycles. The van der Waals surface area contributed by atoms with Gasteiger partial charge in [0.25, 0.3) is 0 Å². The molecule has 1 atom stereocenters. The van der Waals surface area contributed by atoms with Gasteiger partial charge in [-0.15, -0.1) is 0 Å². The minimum atomic E-state index is -1.43. The van der Waals surface area contributed by atoms with Crippen molar-refractivity contribution < 1.29 is 23.9 Å².